The lowest BCUT2D eigenvalue weighted by Gasteiger charge is -2.14. The number of aryl methyl sites for hydroxylation is 1. The van der Waals surface area contributed by atoms with E-state index in [0.29, 0.717) is 30.6 Å². The first-order valence-corrected chi connectivity index (χ1v) is 10.8. The van der Waals surface area contributed by atoms with Crippen molar-refractivity contribution in [3.8, 4) is 11.5 Å². The zero-order valence-corrected chi connectivity index (χ0v) is 17.9. The van der Waals surface area contributed by atoms with Crippen LogP contribution in [0.25, 0.3) is 11.0 Å². The van der Waals surface area contributed by atoms with E-state index in [1.54, 1.807) is 0 Å². The van der Waals surface area contributed by atoms with Crippen molar-refractivity contribution in [2.75, 3.05) is 13.2 Å². The lowest BCUT2D eigenvalue weighted by atomic mass is 10.1. The zero-order chi connectivity index (χ0) is 22.1. The van der Waals surface area contributed by atoms with Gasteiger partial charge in [0.15, 0.2) is 11.9 Å². The summed E-state index contributed by atoms with van der Waals surface area (Å²) in [5, 5.41) is 19.9. The Balaban J connectivity index is 1.41. The summed E-state index contributed by atoms with van der Waals surface area (Å²) in [7, 11) is 0. The average Bonchev–Trinajstić information content (AvgIpc) is 3.15. The lowest BCUT2D eigenvalue weighted by molar-refractivity contribution is -0.150. The molecule has 6 nitrogen and oxygen atoms in total. The first-order chi connectivity index (χ1) is 15.1. The quantitative estimate of drug-likeness (QED) is 0.358. The molecule has 0 saturated heterocycles. The van der Waals surface area contributed by atoms with Crippen molar-refractivity contribution >= 4 is 16.9 Å². The normalized spacial score (nSPS) is 12.2. The molecule has 0 aliphatic carbocycles. The van der Waals surface area contributed by atoms with Gasteiger partial charge in [0.2, 0.25) is 0 Å². The van der Waals surface area contributed by atoms with Gasteiger partial charge >= 0.3 is 5.97 Å². The average molecular weight is 427 g/mol. The number of carboxylic acids is 1. The Morgan fingerprint density at radius 2 is 1.84 bits per heavy atom. The third-order valence-corrected chi connectivity index (χ3v) is 5.19. The number of carboxylic acid groups (broad SMARTS) is 1. The number of unbranched alkanes of at least 4 members (excludes halogenated alkanes) is 2. The standard InChI is InChI=1S/C25H30O6/c1-2-9-20-22(13-12-19-21(26)17-31-24(19)20)29-14-7-4-8-15-30-23(25(27)28)16-18-10-5-3-6-11-18/h3,5-6,10-13,17,23,26H,2,4,7-9,14-16H2,1H3,(H,27,28). The molecular weight excluding hydrogens is 396 g/mol. The van der Waals surface area contributed by atoms with Gasteiger partial charge in [-0.3, -0.25) is 0 Å². The first kappa shape index (κ1) is 22.7. The van der Waals surface area contributed by atoms with Crippen molar-refractivity contribution < 1.29 is 28.9 Å². The Morgan fingerprint density at radius 1 is 1.06 bits per heavy atom. The number of carbonyl (C=O) groups is 1. The maximum absolute atomic E-state index is 11.4. The van der Waals surface area contributed by atoms with Gasteiger partial charge in [0.25, 0.3) is 0 Å². The number of hydrogen-bond donors (Lipinski definition) is 2. The van der Waals surface area contributed by atoms with E-state index in [1.165, 1.54) is 6.26 Å². The third kappa shape index (κ3) is 6.25. The summed E-state index contributed by atoms with van der Waals surface area (Å²) in [6, 6.07) is 13.2. The maximum atomic E-state index is 11.4. The summed E-state index contributed by atoms with van der Waals surface area (Å²) < 4.78 is 17.1. The molecule has 0 radical (unpaired) electrons. The molecule has 1 atom stereocenters. The Bertz CT molecular complexity index is 963. The van der Waals surface area contributed by atoms with Crippen LogP contribution >= 0.6 is 0 Å². The molecule has 0 amide bonds. The molecule has 1 aromatic heterocycles. The van der Waals surface area contributed by atoms with E-state index in [4.69, 9.17) is 13.9 Å². The van der Waals surface area contributed by atoms with Crippen LogP contribution in [0.15, 0.2) is 53.1 Å². The van der Waals surface area contributed by atoms with Gasteiger partial charge in [0.1, 0.15) is 17.6 Å². The van der Waals surface area contributed by atoms with Crippen molar-refractivity contribution in [1.82, 2.24) is 0 Å². The second kappa shape index (κ2) is 11.4. The molecule has 3 aromatic rings. The van der Waals surface area contributed by atoms with Crippen LogP contribution in [0.4, 0.5) is 0 Å². The second-order valence-electron chi connectivity index (χ2n) is 7.59. The van der Waals surface area contributed by atoms with E-state index in [-0.39, 0.29) is 5.75 Å². The predicted octanol–water partition coefficient (Wildman–Crippen LogP) is 5.35. The molecule has 0 fully saturated rings. The molecule has 2 N–H and O–H groups in total. The zero-order valence-electron chi connectivity index (χ0n) is 17.9. The number of fused-ring (bicyclic) bond motifs is 1. The van der Waals surface area contributed by atoms with Crippen LogP contribution in [0.3, 0.4) is 0 Å². The summed E-state index contributed by atoms with van der Waals surface area (Å²) in [6.07, 6.45) is 5.14. The summed E-state index contributed by atoms with van der Waals surface area (Å²) in [5.41, 5.74) is 2.62. The van der Waals surface area contributed by atoms with Crippen LogP contribution in [0.5, 0.6) is 11.5 Å². The highest BCUT2D eigenvalue weighted by molar-refractivity contribution is 5.88. The highest BCUT2D eigenvalue weighted by Crippen LogP contribution is 2.35. The van der Waals surface area contributed by atoms with Crippen molar-refractivity contribution in [3.05, 3.63) is 59.9 Å². The van der Waals surface area contributed by atoms with Gasteiger partial charge in [0, 0.05) is 18.6 Å². The van der Waals surface area contributed by atoms with Crippen molar-refractivity contribution in [2.45, 2.75) is 51.6 Å². The predicted molar refractivity (Wildman–Crippen MR) is 119 cm³/mol. The largest absolute Gasteiger partial charge is 0.504 e. The van der Waals surface area contributed by atoms with Crippen molar-refractivity contribution in [2.24, 2.45) is 0 Å². The minimum atomic E-state index is -0.935. The van der Waals surface area contributed by atoms with Gasteiger partial charge in [-0.15, -0.1) is 0 Å². The molecule has 6 heteroatoms. The molecule has 1 unspecified atom stereocenters. The third-order valence-electron chi connectivity index (χ3n) is 5.19. The lowest BCUT2D eigenvalue weighted by Crippen LogP contribution is -2.26. The number of aromatic hydroxyl groups is 1. The fourth-order valence-electron chi connectivity index (χ4n) is 3.58. The van der Waals surface area contributed by atoms with Crippen molar-refractivity contribution in [3.63, 3.8) is 0 Å². The fourth-order valence-corrected chi connectivity index (χ4v) is 3.58. The highest BCUT2D eigenvalue weighted by atomic mass is 16.5. The second-order valence-corrected chi connectivity index (χ2v) is 7.59. The first-order valence-electron chi connectivity index (χ1n) is 10.8. The number of benzene rings is 2. The van der Waals surface area contributed by atoms with Crippen LogP contribution in [0, 0.1) is 0 Å². The molecule has 2 aromatic carbocycles. The smallest absolute Gasteiger partial charge is 0.333 e. The highest BCUT2D eigenvalue weighted by Gasteiger charge is 2.18. The van der Waals surface area contributed by atoms with Crippen molar-refractivity contribution in [1.29, 1.82) is 0 Å². The number of ether oxygens (including phenoxy) is 2. The van der Waals surface area contributed by atoms with Gasteiger partial charge < -0.3 is 24.1 Å². The monoisotopic (exact) mass is 426 g/mol. The van der Waals surface area contributed by atoms with E-state index in [0.717, 1.165) is 49.0 Å². The van der Waals surface area contributed by atoms with Crippen LogP contribution in [-0.2, 0) is 22.4 Å². The summed E-state index contributed by atoms with van der Waals surface area (Å²) in [6.45, 7) is 3.05. The van der Waals surface area contributed by atoms with E-state index in [2.05, 4.69) is 6.92 Å². The molecule has 0 aliphatic heterocycles. The topological polar surface area (TPSA) is 89.1 Å². The van der Waals surface area contributed by atoms with Gasteiger partial charge in [0.05, 0.1) is 12.0 Å². The number of aliphatic carboxylic acids is 1. The number of rotatable bonds is 13. The Kier molecular flexibility index (Phi) is 8.35. The van der Waals surface area contributed by atoms with Gasteiger partial charge in [-0.05, 0) is 43.4 Å². The molecule has 0 spiro atoms. The summed E-state index contributed by atoms with van der Waals surface area (Å²) in [5.74, 6) is -0.00502. The summed E-state index contributed by atoms with van der Waals surface area (Å²) >= 11 is 0. The Hall–Kier alpha value is -2.99. The molecule has 1 heterocycles. The van der Waals surface area contributed by atoms with Crippen LogP contribution in [0.2, 0.25) is 0 Å². The van der Waals surface area contributed by atoms with Gasteiger partial charge in [-0.1, -0.05) is 43.7 Å². The van der Waals surface area contributed by atoms with Crippen LogP contribution in [-0.4, -0.2) is 35.5 Å². The number of hydrogen-bond acceptors (Lipinski definition) is 5. The van der Waals surface area contributed by atoms with Gasteiger partial charge in [-0.2, -0.15) is 0 Å². The molecule has 0 aliphatic rings. The Morgan fingerprint density at radius 3 is 2.58 bits per heavy atom. The molecule has 3 rings (SSSR count). The van der Waals surface area contributed by atoms with E-state index in [9.17, 15) is 15.0 Å². The summed E-state index contributed by atoms with van der Waals surface area (Å²) in [4.78, 5) is 11.4. The maximum Gasteiger partial charge on any atom is 0.333 e. The molecular formula is C25H30O6. The molecule has 166 valence electrons. The number of furan rings is 1. The molecule has 0 bridgehead atoms. The fraction of sp³-hybridized carbons (Fsp3) is 0.400. The Labute approximate surface area is 182 Å². The van der Waals surface area contributed by atoms with E-state index in [1.807, 2.05) is 42.5 Å². The molecule has 0 saturated carbocycles. The van der Waals surface area contributed by atoms with Crippen LogP contribution < -0.4 is 4.74 Å². The van der Waals surface area contributed by atoms with E-state index < -0.39 is 12.1 Å². The SMILES string of the molecule is CCCc1c(OCCCCCOC(Cc2ccccc2)C(=O)O)ccc2c(O)coc12. The van der Waals surface area contributed by atoms with Crippen LogP contribution in [0.1, 0.15) is 43.7 Å². The minimum absolute atomic E-state index is 0.144. The minimum Gasteiger partial charge on any atom is -0.504 e. The van der Waals surface area contributed by atoms with Gasteiger partial charge in [-0.25, -0.2) is 4.79 Å². The molecule has 31 heavy (non-hydrogen) atoms. The van der Waals surface area contributed by atoms with E-state index >= 15 is 0 Å².